The van der Waals surface area contributed by atoms with Gasteiger partial charge >= 0.3 is 0 Å². The molecule has 0 radical (unpaired) electrons. The van der Waals surface area contributed by atoms with E-state index in [1.807, 2.05) is 20.8 Å². The van der Waals surface area contributed by atoms with Crippen LogP contribution in [0.2, 0.25) is 0 Å². The van der Waals surface area contributed by atoms with Crippen molar-refractivity contribution < 1.29 is 4.79 Å². The fraction of sp³-hybridized carbons (Fsp3) is 0.800. The summed E-state index contributed by atoms with van der Waals surface area (Å²) in [4.78, 5) is 10.2. The Kier molecular flexibility index (Phi) is 2.84. The van der Waals surface area contributed by atoms with Crippen LogP contribution in [0.4, 0.5) is 4.79 Å². The number of thioether (sulfide) groups is 1. The first kappa shape index (κ1) is 8.31. The van der Waals surface area contributed by atoms with Crippen molar-refractivity contribution in [3.63, 3.8) is 0 Å². The molecule has 0 amide bonds. The van der Waals surface area contributed by atoms with Gasteiger partial charge in [0, 0.05) is 4.75 Å². The van der Waals surface area contributed by atoms with E-state index < -0.39 is 0 Å². The zero-order chi connectivity index (χ0) is 6.78. The zero-order valence-electron chi connectivity index (χ0n) is 5.19. The SMILES string of the molecule is CC(C)(C)SC(=O)Cl. The van der Waals surface area contributed by atoms with Gasteiger partial charge < -0.3 is 0 Å². The van der Waals surface area contributed by atoms with Gasteiger partial charge in [0.15, 0.2) is 0 Å². The van der Waals surface area contributed by atoms with Crippen LogP contribution in [-0.2, 0) is 0 Å². The summed E-state index contributed by atoms with van der Waals surface area (Å²) < 4.78 is -0.378. The molecule has 0 aliphatic heterocycles. The van der Waals surface area contributed by atoms with Gasteiger partial charge in [-0.2, -0.15) is 0 Å². The highest BCUT2D eigenvalue weighted by atomic mass is 35.5. The van der Waals surface area contributed by atoms with Crippen molar-refractivity contribution in [1.82, 2.24) is 0 Å². The van der Waals surface area contributed by atoms with Crippen molar-refractivity contribution in [2.24, 2.45) is 0 Å². The second-order valence-electron chi connectivity index (χ2n) is 2.45. The first-order valence-corrected chi connectivity index (χ1v) is 3.50. The highest BCUT2D eigenvalue weighted by molar-refractivity contribution is 8.17. The number of hydrogen-bond donors (Lipinski definition) is 0. The summed E-state index contributed by atoms with van der Waals surface area (Å²) in [6.07, 6.45) is 0. The van der Waals surface area contributed by atoms with E-state index in [1.54, 1.807) is 0 Å². The van der Waals surface area contributed by atoms with Crippen molar-refractivity contribution in [2.75, 3.05) is 0 Å². The number of rotatable bonds is 0. The van der Waals surface area contributed by atoms with Crippen molar-refractivity contribution >= 4 is 27.9 Å². The molecule has 8 heavy (non-hydrogen) atoms. The molecular formula is C5H9ClOS. The van der Waals surface area contributed by atoms with Gasteiger partial charge in [0.2, 0.25) is 0 Å². The van der Waals surface area contributed by atoms with E-state index in [9.17, 15) is 4.79 Å². The minimum atomic E-state index is -0.336. The van der Waals surface area contributed by atoms with E-state index >= 15 is 0 Å². The Hall–Kier alpha value is 0.310. The Balaban J connectivity index is 3.55. The molecule has 0 rings (SSSR count). The highest BCUT2D eigenvalue weighted by Crippen LogP contribution is 2.25. The van der Waals surface area contributed by atoms with Gasteiger partial charge in [-0.3, -0.25) is 4.79 Å². The smallest absolute Gasteiger partial charge is 0.268 e. The molecule has 0 aromatic heterocycles. The van der Waals surface area contributed by atoms with Gasteiger partial charge in [-0.15, -0.1) is 0 Å². The van der Waals surface area contributed by atoms with Crippen LogP contribution in [-0.4, -0.2) is 9.32 Å². The summed E-state index contributed by atoms with van der Waals surface area (Å²) >= 11 is 6.22. The van der Waals surface area contributed by atoms with E-state index in [4.69, 9.17) is 11.6 Å². The molecule has 0 unspecified atom stereocenters. The van der Waals surface area contributed by atoms with E-state index in [1.165, 1.54) is 0 Å². The molecule has 0 aliphatic carbocycles. The van der Waals surface area contributed by atoms with E-state index in [0.29, 0.717) is 0 Å². The highest BCUT2D eigenvalue weighted by Gasteiger charge is 2.14. The van der Waals surface area contributed by atoms with Gasteiger partial charge in [-0.05, 0) is 11.6 Å². The van der Waals surface area contributed by atoms with Crippen molar-refractivity contribution in [1.29, 1.82) is 0 Å². The molecular weight excluding hydrogens is 144 g/mol. The Morgan fingerprint density at radius 1 is 1.50 bits per heavy atom. The topological polar surface area (TPSA) is 17.1 Å². The normalized spacial score (nSPS) is 11.5. The monoisotopic (exact) mass is 152 g/mol. The largest absolute Gasteiger partial charge is 0.280 e. The number of carbonyl (C=O) groups is 1. The number of halogens is 1. The predicted octanol–water partition coefficient (Wildman–Crippen LogP) is 2.88. The molecule has 0 aromatic carbocycles. The molecule has 0 saturated heterocycles. The molecule has 0 heterocycles. The summed E-state index contributed by atoms with van der Waals surface area (Å²) in [5.41, 5.74) is 0. The third kappa shape index (κ3) is 6.31. The third-order valence-corrected chi connectivity index (χ3v) is 1.39. The molecule has 0 aliphatic rings. The van der Waals surface area contributed by atoms with E-state index in [0.717, 1.165) is 11.8 Å². The lowest BCUT2D eigenvalue weighted by Gasteiger charge is -2.12. The lowest BCUT2D eigenvalue weighted by Crippen LogP contribution is -2.08. The van der Waals surface area contributed by atoms with E-state index in [2.05, 4.69) is 0 Å². The number of carbonyl (C=O) groups excluding carboxylic acids is 1. The molecule has 1 nitrogen and oxygen atoms in total. The molecule has 0 spiro atoms. The van der Waals surface area contributed by atoms with Crippen molar-refractivity contribution in [3.8, 4) is 0 Å². The average molecular weight is 153 g/mol. The van der Waals surface area contributed by atoms with Crippen LogP contribution in [0.5, 0.6) is 0 Å². The minimum Gasteiger partial charge on any atom is -0.268 e. The summed E-state index contributed by atoms with van der Waals surface area (Å²) in [5.74, 6) is 0. The van der Waals surface area contributed by atoms with Gasteiger partial charge in [-0.25, -0.2) is 0 Å². The Labute approximate surface area is 58.8 Å². The lowest BCUT2D eigenvalue weighted by molar-refractivity contribution is 0.275. The van der Waals surface area contributed by atoms with Crippen molar-refractivity contribution in [2.45, 2.75) is 25.5 Å². The summed E-state index contributed by atoms with van der Waals surface area (Å²) in [6.45, 7) is 5.83. The third-order valence-electron chi connectivity index (χ3n) is 0.386. The predicted molar refractivity (Wildman–Crippen MR) is 38.6 cm³/mol. The molecule has 0 N–H and O–H groups in total. The first-order valence-electron chi connectivity index (χ1n) is 2.30. The Morgan fingerprint density at radius 2 is 1.88 bits per heavy atom. The molecule has 48 valence electrons. The van der Waals surface area contributed by atoms with Crippen LogP contribution in [0.15, 0.2) is 0 Å². The van der Waals surface area contributed by atoms with Gasteiger partial charge in [-0.1, -0.05) is 32.5 Å². The van der Waals surface area contributed by atoms with Gasteiger partial charge in [0.05, 0.1) is 0 Å². The van der Waals surface area contributed by atoms with Crippen LogP contribution < -0.4 is 0 Å². The maximum absolute atomic E-state index is 10.2. The van der Waals surface area contributed by atoms with Crippen LogP contribution in [0, 0.1) is 0 Å². The average Bonchev–Trinajstić information content (AvgIpc) is 1.21. The van der Waals surface area contributed by atoms with E-state index in [-0.39, 0.29) is 9.32 Å². The summed E-state index contributed by atoms with van der Waals surface area (Å²) in [6, 6.07) is 0. The fourth-order valence-corrected chi connectivity index (χ4v) is 1.42. The lowest BCUT2D eigenvalue weighted by atomic mass is 10.3. The second-order valence-corrected chi connectivity index (χ2v) is 4.82. The van der Waals surface area contributed by atoms with Crippen LogP contribution in [0.3, 0.4) is 0 Å². The molecule has 0 aromatic rings. The molecule has 3 heteroatoms. The standard InChI is InChI=1S/C5H9ClOS/c1-5(2,3)8-4(6)7/h1-3H3. The van der Waals surface area contributed by atoms with Crippen LogP contribution >= 0.6 is 23.4 Å². The van der Waals surface area contributed by atoms with Gasteiger partial charge in [0.25, 0.3) is 4.57 Å². The fourth-order valence-electron chi connectivity index (χ4n) is 0.241. The maximum Gasteiger partial charge on any atom is 0.280 e. The first-order chi connectivity index (χ1) is 3.42. The van der Waals surface area contributed by atoms with Crippen LogP contribution in [0.25, 0.3) is 0 Å². The van der Waals surface area contributed by atoms with Gasteiger partial charge in [0.1, 0.15) is 0 Å². The van der Waals surface area contributed by atoms with Crippen LogP contribution in [0.1, 0.15) is 20.8 Å². The minimum absolute atomic E-state index is 0.0428. The number of hydrogen-bond acceptors (Lipinski definition) is 2. The summed E-state index contributed by atoms with van der Waals surface area (Å²) in [5, 5.41) is 0. The Bertz CT molecular complexity index is 95.1. The maximum atomic E-state index is 10.2. The molecule has 0 atom stereocenters. The molecule has 0 bridgehead atoms. The second kappa shape index (κ2) is 2.74. The summed E-state index contributed by atoms with van der Waals surface area (Å²) in [7, 11) is 0. The van der Waals surface area contributed by atoms with Crippen molar-refractivity contribution in [3.05, 3.63) is 0 Å². The Morgan fingerprint density at radius 3 is 1.88 bits per heavy atom. The molecule has 0 fully saturated rings. The molecule has 0 saturated carbocycles. The quantitative estimate of drug-likeness (QED) is 0.497. The zero-order valence-corrected chi connectivity index (χ0v) is 6.77.